The predicted molar refractivity (Wildman–Crippen MR) is 112 cm³/mol. The van der Waals surface area contributed by atoms with Crippen molar-refractivity contribution in [1.82, 2.24) is 5.32 Å². The van der Waals surface area contributed by atoms with Crippen molar-refractivity contribution in [3.8, 4) is 11.5 Å². The Kier molecular flexibility index (Phi) is 6.97. The van der Waals surface area contributed by atoms with Crippen LogP contribution >= 0.6 is 11.3 Å². The Morgan fingerprint density at radius 1 is 1.29 bits per heavy atom. The SMILES string of the molecule is COCCOc1ccc(C(C)NC(=O)c2csc3c2CCC(C)C3)cc1OC. The maximum atomic E-state index is 12.9. The summed E-state index contributed by atoms with van der Waals surface area (Å²) >= 11 is 1.72. The lowest BCUT2D eigenvalue weighted by Gasteiger charge is -2.20. The van der Waals surface area contributed by atoms with E-state index in [1.165, 1.54) is 10.4 Å². The average molecular weight is 404 g/mol. The Morgan fingerprint density at radius 3 is 2.86 bits per heavy atom. The minimum absolute atomic E-state index is 0.000981. The summed E-state index contributed by atoms with van der Waals surface area (Å²) in [6, 6.07) is 5.62. The van der Waals surface area contributed by atoms with Crippen LogP contribution < -0.4 is 14.8 Å². The first-order valence-electron chi connectivity index (χ1n) is 9.73. The van der Waals surface area contributed by atoms with E-state index >= 15 is 0 Å². The smallest absolute Gasteiger partial charge is 0.252 e. The largest absolute Gasteiger partial charge is 0.493 e. The zero-order valence-electron chi connectivity index (χ0n) is 17.0. The van der Waals surface area contributed by atoms with E-state index in [0.29, 0.717) is 30.6 Å². The molecule has 2 aromatic rings. The van der Waals surface area contributed by atoms with E-state index in [1.807, 2.05) is 30.5 Å². The van der Waals surface area contributed by atoms with E-state index < -0.39 is 0 Å². The summed E-state index contributed by atoms with van der Waals surface area (Å²) in [5, 5.41) is 5.15. The van der Waals surface area contributed by atoms with Crippen molar-refractivity contribution in [3.63, 3.8) is 0 Å². The Bertz CT molecular complexity index is 817. The van der Waals surface area contributed by atoms with Gasteiger partial charge in [-0.05, 0) is 55.4 Å². The van der Waals surface area contributed by atoms with E-state index in [1.54, 1.807) is 25.6 Å². The Hall–Kier alpha value is -2.05. The molecule has 0 saturated heterocycles. The van der Waals surface area contributed by atoms with Crippen molar-refractivity contribution in [1.29, 1.82) is 0 Å². The Morgan fingerprint density at radius 2 is 2.11 bits per heavy atom. The molecular formula is C22H29NO4S. The first kappa shape index (κ1) is 20.7. The zero-order valence-corrected chi connectivity index (χ0v) is 17.9. The topological polar surface area (TPSA) is 56.8 Å². The lowest BCUT2D eigenvalue weighted by Crippen LogP contribution is -2.27. The highest BCUT2D eigenvalue weighted by Crippen LogP contribution is 2.34. The molecule has 3 rings (SSSR count). The molecule has 2 unspecified atom stereocenters. The molecule has 2 atom stereocenters. The van der Waals surface area contributed by atoms with Crippen molar-refractivity contribution >= 4 is 17.2 Å². The fraction of sp³-hybridized carbons (Fsp3) is 0.500. The number of carbonyl (C=O) groups excluding carboxylic acids is 1. The summed E-state index contributed by atoms with van der Waals surface area (Å²) in [4.78, 5) is 14.2. The summed E-state index contributed by atoms with van der Waals surface area (Å²) in [5.74, 6) is 2.02. The molecule has 1 aromatic heterocycles. The van der Waals surface area contributed by atoms with E-state index in [9.17, 15) is 4.79 Å². The normalized spacial score (nSPS) is 16.9. The second-order valence-electron chi connectivity index (χ2n) is 7.35. The molecule has 0 saturated carbocycles. The first-order valence-corrected chi connectivity index (χ1v) is 10.6. The van der Waals surface area contributed by atoms with Crippen LogP contribution in [0.1, 0.15) is 52.7 Å². The molecule has 6 heteroatoms. The van der Waals surface area contributed by atoms with Gasteiger partial charge in [0.25, 0.3) is 5.91 Å². The molecular weight excluding hydrogens is 374 g/mol. The maximum absolute atomic E-state index is 12.9. The number of hydrogen-bond acceptors (Lipinski definition) is 5. The Labute approximate surface area is 171 Å². The van der Waals surface area contributed by atoms with Crippen LogP contribution in [0.2, 0.25) is 0 Å². The number of benzene rings is 1. The van der Waals surface area contributed by atoms with Crippen LogP contribution in [0.3, 0.4) is 0 Å². The number of amides is 1. The summed E-state index contributed by atoms with van der Waals surface area (Å²) in [5.41, 5.74) is 3.06. The van der Waals surface area contributed by atoms with Gasteiger partial charge in [0.1, 0.15) is 6.61 Å². The number of hydrogen-bond donors (Lipinski definition) is 1. The molecule has 1 heterocycles. The summed E-state index contributed by atoms with van der Waals surface area (Å²) in [6.07, 6.45) is 3.24. The molecule has 0 bridgehead atoms. The van der Waals surface area contributed by atoms with Crippen LogP contribution in [0.4, 0.5) is 0 Å². The molecule has 0 aliphatic heterocycles. The van der Waals surface area contributed by atoms with E-state index in [-0.39, 0.29) is 11.9 Å². The number of nitrogens with one attached hydrogen (secondary N) is 1. The van der Waals surface area contributed by atoms with Crippen LogP contribution in [0, 0.1) is 5.92 Å². The predicted octanol–water partition coefficient (Wildman–Crippen LogP) is 4.40. The third kappa shape index (κ3) is 4.67. The zero-order chi connectivity index (χ0) is 20.1. The van der Waals surface area contributed by atoms with Gasteiger partial charge in [-0.3, -0.25) is 4.79 Å². The van der Waals surface area contributed by atoms with Crippen molar-refractivity contribution in [3.05, 3.63) is 45.1 Å². The third-order valence-corrected chi connectivity index (χ3v) is 6.28. The van der Waals surface area contributed by atoms with Gasteiger partial charge in [-0.25, -0.2) is 0 Å². The monoisotopic (exact) mass is 403 g/mol. The van der Waals surface area contributed by atoms with Gasteiger partial charge < -0.3 is 19.5 Å². The van der Waals surface area contributed by atoms with Crippen molar-refractivity contribution in [2.45, 2.75) is 39.2 Å². The standard InChI is InChI=1S/C22H29NO4S/c1-14-5-7-17-18(13-28-21(17)11-14)22(24)23-15(2)16-6-8-19(20(12-16)26-4)27-10-9-25-3/h6,8,12-15H,5,7,9-11H2,1-4H3,(H,23,24). The summed E-state index contributed by atoms with van der Waals surface area (Å²) < 4.78 is 16.1. The highest BCUT2D eigenvalue weighted by atomic mass is 32.1. The molecule has 1 amide bonds. The fourth-order valence-electron chi connectivity index (χ4n) is 3.53. The number of ether oxygens (including phenoxy) is 3. The van der Waals surface area contributed by atoms with E-state index in [2.05, 4.69) is 12.2 Å². The molecule has 1 N–H and O–H groups in total. The molecule has 152 valence electrons. The first-order chi connectivity index (χ1) is 13.5. The highest BCUT2D eigenvalue weighted by Gasteiger charge is 2.24. The van der Waals surface area contributed by atoms with Crippen LogP contribution in [-0.2, 0) is 17.6 Å². The Balaban J connectivity index is 1.69. The van der Waals surface area contributed by atoms with Crippen LogP contribution in [0.25, 0.3) is 0 Å². The van der Waals surface area contributed by atoms with Gasteiger partial charge >= 0.3 is 0 Å². The lowest BCUT2D eigenvalue weighted by molar-refractivity contribution is 0.0939. The minimum atomic E-state index is -0.132. The molecule has 28 heavy (non-hydrogen) atoms. The number of methoxy groups -OCH3 is 2. The van der Waals surface area contributed by atoms with E-state index in [0.717, 1.165) is 30.4 Å². The van der Waals surface area contributed by atoms with Crippen molar-refractivity contribution in [2.75, 3.05) is 27.4 Å². The quantitative estimate of drug-likeness (QED) is 0.664. The molecule has 0 fully saturated rings. The molecule has 1 aliphatic rings. The number of thiophene rings is 1. The van der Waals surface area contributed by atoms with Gasteiger partial charge in [-0.15, -0.1) is 11.3 Å². The summed E-state index contributed by atoms with van der Waals surface area (Å²) in [7, 11) is 3.25. The molecule has 0 spiro atoms. The van der Waals surface area contributed by atoms with Gasteiger partial charge in [0, 0.05) is 17.4 Å². The van der Waals surface area contributed by atoms with Gasteiger partial charge in [-0.2, -0.15) is 0 Å². The van der Waals surface area contributed by atoms with Crippen molar-refractivity contribution in [2.24, 2.45) is 5.92 Å². The fourth-order valence-corrected chi connectivity index (χ4v) is 4.78. The van der Waals surface area contributed by atoms with E-state index in [4.69, 9.17) is 14.2 Å². The van der Waals surface area contributed by atoms with Crippen LogP contribution in [0.5, 0.6) is 11.5 Å². The second kappa shape index (κ2) is 9.43. The van der Waals surface area contributed by atoms with Gasteiger partial charge in [0.05, 0.1) is 25.3 Å². The molecule has 1 aliphatic carbocycles. The minimum Gasteiger partial charge on any atom is -0.493 e. The van der Waals surface area contributed by atoms with Gasteiger partial charge in [0.15, 0.2) is 11.5 Å². The second-order valence-corrected chi connectivity index (χ2v) is 8.31. The van der Waals surface area contributed by atoms with Gasteiger partial charge in [-0.1, -0.05) is 13.0 Å². The third-order valence-electron chi connectivity index (χ3n) is 5.23. The lowest BCUT2D eigenvalue weighted by atomic mass is 9.88. The highest BCUT2D eigenvalue weighted by molar-refractivity contribution is 7.10. The summed E-state index contributed by atoms with van der Waals surface area (Å²) in [6.45, 7) is 5.24. The number of rotatable bonds is 8. The maximum Gasteiger partial charge on any atom is 0.252 e. The molecule has 5 nitrogen and oxygen atoms in total. The van der Waals surface area contributed by atoms with Crippen LogP contribution in [0.15, 0.2) is 23.6 Å². The van der Waals surface area contributed by atoms with Crippen molar-refractivity contribution < 1.29 is 19.0 Å². The number of carbonyl (C=O) groups is 1. The molecule has 0 radical (unpaired) electrons. The molecule has 1 aromatic carbocycles. The number of fused-ring (bicyclic) bond motifs is 1. The van der Waals surface area contributed by atoms with Gasteiger partial charge in [0.2, 0.25) is 0 Å². The van der Waals surface area contributed by atoms with Crippen LogP contribution in [-0.4, -0.2) is 33.3 Å². The average Bonchev–Trinajstić information content (AvgIpc) is 3.11.